The molecule has 7 heteroatoms. The lowest BCUT2D eigenvalue weighted by molar-refractivity contribution is -0.385. The number of carbonyl (C=O) groups is 1. The van der Waals surface area contributed by atoms with Gasteiger partial charge in [-0.25, -0.2) is 4.39 Å². The maximum Gasteiger partial charge on any atom is 0.285 e. The van der Waals surface area contributed by atoms with Crippen LogP contribution in [0, 0.1) is 22.9 Å². The number of carbonyl (C=O) groups excluding carboxylic acids is 1. The second-order valence-corrected chi connectivity index (χ2v) is 4.94. The van der Waals surface area contributed by atoms with E-state index in [0.29, 0.717) is 6.54 Å². The number of aryl methyl sites for hydroxylation is 1. The second-order valence-electron chi connectivity index (χ2n) is 4.94. The molecule has 1 aromatic rings. The summed E-state index contributed by atoms with van der Waals surface area (Å²) in [5.41, 5.74) is -0.368. The van der Waals surface area contributed by atoms with Crippen molar-refractivity contribution in [2.24, 2.45) is 0 Å². The van der Waals surface area contributed by atoms with Crippen LogP contribution in [0.4, 0.5) is 10.1 Å². The molecule has 0 aliphatic carbocycles. The number of halogens is 1. The number of nitrogens with zero attached hydrogens (tertiary/aromatic N) is 2. The number of nitrogens with one attached hydrogen (secondary N) is 1. The predicted octanol–water partition coefficient (Wildman–Crippen LogP) is 1.48. The van der Waals surface area contributed by atoms with E-state index in [1.54, 1.807) is 7.05 Å². The average Bonchev–Trinajstić information content (AvgIpc) is 2.89. The summed E-state index contributed by atoms with van der Waals surface area (Å²) in [6.45, 7) is 2.87. The molecule has 2 rings (SSSR count). The molecule has 1 aromatic carbocycles. The topological polar surface area (TPSA) is 75.5 Å². The first-order valence-electron chi connectivity index (χ1n) is 6.34. The summed E-state index contributed by atoms with van der Waals surface area (Å²) in [6, 6.07) is 1.98. The van der Waals surface area contributed by atoms with Gasteiger partial charge in [0.05, 0.1) is 4.92 Å². The Hall–Kier alpha value is -2.02. The standard InChI is InChI=1S/C13H16FN3O3/c1-8-5-9(14)6-11(12(8)17(19)20)13(18)16(2)10-3-4-15-7-10/h5-6,10,15H,3-4,7H2,1-2H3. The van der Waals surface area contributed by atoms with Crippen molar-refractivity contribution >= 4 is 11.6 Å². The minimum atomic E-state index is -0.644. The van der Waals surface area contributed by atoms with Gasteiger partial charge in [-0.2, -0.15) is 0 Å². The molecular weight excluding hydrogens is 265 g/mol. The van der Waals surface area contributed by atoms with Crippen molar-refractivity contribution in [3.63, 3.8) is 0 Å². The van der Waals surface area contributed by atoms with Crippen LogP contribution in [0.1, 0.15) is 22.3 Å². The van der Waals surface area contributed by atoms with Crippen molar-refractivity contribution in [3.8, 4) is 0 Å². The van der Waals surface area contributed by atoms with Crippen LogP contribution < -0.4 is 5.32 Å². The van der Waals surface area contributed by atoms with Gasteiger partial charge in [0.1, 0.15) is 11.4 Å². The highest BCUT2D eigenvalue weighted by molar-refractivity contribution is 5.98. The molecule has 6 nitrogen and oxygen atoms in total. The fourth-order valence-corrected chi connectivity index (χ4v) is 2.47. The zero-order valence-corrected chi connectivity index (χ0v) is 11.4. The van der Waals surface area contributed by atoms with E-state index in [2.05, 4.69) is 5.32 Å². The third kappa shape index (κ3) is 2.62. The van der Waals surface area contributed by atoms with Crippen molar-refractivity contribution in [2.75, 3.05) is 20.1 Å². The average molecular weight is 281 g/mol. The number of hydrogen-bond donors (Lipinski definition) is 1. The van der Waals surface area contributed by atoms with Gasteiger partial charge in [0.25, 0.3) is 11.6 Å². The molecule has 108 valence electrons. The first-order chi connectivity index (χ1) is 9.41. The van der Waals surface area contributed by atoms with Gasteiger partial charge < -0.3 is 10.2 Å². The van der Waals surface area contributed by atoms with Crippen LogP contribution in [-0.2, 0) is 0 Å². The van der Waals surface area contributed by atoms with Crippen molar-refractivity contribution in [1.82, 2.24) is 10.2 Å². The highest BCUT2D eigenvalue weighted by Crippen LogP contribution is 2.26. The van der Waals surface area contributed by atoms with Gasteiger partial charge in [-0.1, -0.05) is 0 Å². The molecule has 1 amide bonds. The molecule has 1 aliphatic heterocycles. The Kier molecular flexibility index (Phi) is 3.99. The van der Waals surface area contributed by atoms with E-state index in [1.165, 1.54) is 11.8 Å². The first kappa shape index (κ1) is 14.4. The molecule has 20 heavy (non-hydrogen) atoms. The summed E-state index contributed by atoms with van der Waals surface area (Å²) in [5, 5.41) is 14.2. The molecule has 1 N–H and O–H groups in total. The molecule has 1 unspecified atom stereocenters. The zero-order valence-electron chi connectivity index (χ0n) is 11.4. The molecule has 1 aliphatic rings. The molecule has 1 fully saturated rings. The number of benzene rings is 1. The van der Waals surface area contributed by atoms with Crippen LogP contribution in [0.3, 0.4) is 0 Å². The summed E-state index contributed by atoms with van der Waals surface area (Å²) in [5.74, 6) is -1.16. The Morgan fingerprint density at radius 3 is 2.80 bits per heavy atom. The third-order valence-electron chi connectivity index (χ3n) is 3.58. The molecular formula is C13H16FN3O3. The number of nitro groups is 1. The van der Waals surface area contributed by atoms with Crippen LogP contribution in [-0.4, -0.2) is 41.9 Å². The van der Waals surface area contributed by atoms with Crippen LogP contribution in [0.5, 0.6) is 0 Å². The maximum absolute atomic E-state index is 13.5. The minimum absolute atomic E-state index is 0.0225. The Labute approximate surface area is 115 Å². The Morgan fingerprint density at radius 1 is 1.55 bits per heavy atom. The number of nitro benzene ring substituents is 1. The fourth-order valence-electron chi connectivity index (χ4n) is 2.47. The Balaban J connectivity index is 2.40. The fraction of sp³-hybridized carbons (Fsp3) is 0.462. The quantitative estimate of drug-likeness (QED) is 0.672. The summed E-state index contributed by atoms with van der Waals surface area (Å²) in [4.78, 5) is 24.3. The molecule has 1 saturated heterocycles. The van der Waals surface area contributed by atoms with Crippen molar-refractivity contribution in [1.29, 1.82) is 0 Å². The third-order valence-corrected chi connectivity index (χ3v) is 3.58. The molecule has 0 bridgehead atoms. The number of likely N-dealkylation sites (N-methyl/N-ethyl adjacent to an activating group) is 1. The van der Waals surface area contributed by atoms with E-state index in [0.717, 1.165) is 25.1 Å². The lowest BCUT2D eigenvalue weighted by Gasteiger charge is -2.23. The van der Waals surface area contributed by atoms with Gasteiger partial charge >= 0.3 is 0 Å². The second kappa shape index (κ2) is 5.54. The van der Waals surface area contributed by atoms with Crippen LogP contribution >= 0.6 is 0 Å². The molecule has 0 aromatic heterocycles. The van der Waals surface area contributed by atoms with Crippen LogP contribution in [0.15, 0.2) is 12.1 Å². The summed E-state index contributed by atoms with van der Waals surface area (Å²) in [6.07, 6.45) is 0.782. The van der Waals surface area contributed by atoms with Crippen LogP contribution in [0.2, 0.25) is 0 Å². The number of rotatable bonds is 3. The van der Waals surface area contributed by atoms with Crippen molar-refractivity contribution < 1.29 is 14.1 Å². The van der Waals surface area contributed by atoms with Crippen LogP contribution in [0.25, 0.3) is 0 Å². The Morgan fingerprint density at radius 2 is 2.25 bits per heavy atom. The number of hydrogen-bond acceptors (Lipinski definition) is 4. The monoisotopic (exact) mass is 281 g/mol. The smallest absolute Gasteiger partial charge is 0.285 e. The van der Waals surface area contributed by atoms with Gasteiger partial charge in [-0.3, -0.25) is 14.9 Å². The van der Waals surface area contributed by atoms with E-state index in [9.17, 15) is 19.3 Å². The SMILES string of the molecule is Cc1cc(F)cc(C(=O)N(C)C2CCNC2)c1[N+](=O)[O-]. The molecule has 1 heterocycles. The highest BCUT2D eigenvalue weighted by Gasteiger charge is 2.30. The molecule has 0 spiro atoms. The lowest BCUT2D eigenvalue weighted by atomic mass is 10.1. The lowest BCUT2D eigenvalue weighted by Crippen LogP contribution is -2.38. The zero-order chi connectivity index (χ0) is 14.9. The Bertz CT molecular complexity index is 556. The molecule has 1 atom stereocenters. The van der Waals surface area contributed by atoms with E-state index >= 15 is 0 Å². The summed E-state index contributed by atoms with van der Waals surface area (Å²) >= 11 is 0. The minimum Gasteiger partial charge on any atom is -0.337 e. The summed E-state index contributed by atoms with van der Waals surface area (Å²) < 4.78 is 13.5. The number of amides is 1. The predicted molar refractivity (Wildman–Crippen MR) is 71.2 cm³/mol. The first-order valence-corrected chi connectivity index (χ1v) is 6.34. The van der Waals surface area contributed by atoms with Gasteiger partial charge in [-0.15, -0.1) is 0 Å². The normalized spacial score (nSPS) is 18.1. The maximum atomic E-state index is 13.5. The van der Waals surface area contributed by atoms with E-state index in [4.69, 9.17) is 0 Å². The van der Waals surface area contributed by atoms with E-state index in [1.807, 2.05) is 0 Å². The van der Waals surface area contributed by atoms with Crippen molar-refractivity contribution in [2.45, 2.75) is 19.4 Å². The summed E-state index contributed by atoms with van der Waals surface area (Å²) in [7, 11) is 1.59. The van der Waals surface area contributed by atoms with Crippen molar-refractivity contribution in [3.05, 3.63) is 39.2 Å². The largest absolute Gasteiger partial charge is 0.337 e. The van der Waals surface area contributed by atoms with Gasteiger partial charge in [0.15, 0.2) is 0 Å². The molecule has 0 saturated carbocycles. The molecule has 0 radical (unpaired) electrons. The van der Waals surface area contributed by atoms with Gasteiger partial charge in [0.2, 0.25) is 0 Å². The van der Waals surface area contributed by atoms with Gasteiger partial charge in [-0.05, 0) is 32.0 Å². The highest BCUT2D eigenvalue weighted by atomic mass is 19.1. The van der Waals surface area contributed by atoms with Gasteiger partial charge in [0, 0.05) is 25.2 Å². The van der Waals surface area contributed by atoms with E-state index < -0.39 is 16.6 Å². The van der Waals surface area contributed by atoms with E-state index in [-0.39, 0.29) is 22.9 Å².